The summed E-state index contributed by atoms with van der Waals surface area (Å²) < 4.78 is 0. The van der Waals surface area contributed by atoms with Crippen molar-refractivity contribution in [1.29, 1.82) is 0 Å². The zero-order valence-electron chi connectivity index (χ0n) is 13.1. The van der Waals surface area contributed by atoms with E-state index in [-0.39, 0.29) is 37.1 Å². The summed E-state index contributed by atoms with van der Waals surface area (Å²) in [6.45, 7) is 0.237. The molecule has 1 N–H and O–H groups in total. The minimum atomic E-state index is -0.327. The molecule has 1 fully saturated rings. The van der Waals surface area contributed by atoms with Gasteiger partial charge < -0.3 is 5.32 Å². The summed E-state index contributed by atoms with van der Waals surface area (Å²) >= 11 is 11.9. The van der Waals surface area contributed by atoms with Gasteiger partial charge in [0.05, 0.1) is 5.69 Å². The predicted molar refractivity (Wildman–Crippen MR) is 95.8 cm³/mol. The van der Waals surface area contributed by atoms with E-state index in [2.05, 4.69) is 5.32 Å². The third-order valence-electron chi connectivity index (χ3n) is 3.87. The van der Waals surface area contributed by atoms with Crippen LogP contribution in [0.25, 0.3) is 0 Å². The fourth-order valence-corrected chi connectivity index (χ4v) is 3.07. The number of amides is 3. The molecule has 2 aromatic rings. The van der Waals surface area contributed by atoms with Gasteiger partial charge in [-0.1, -0.05) is 35.3 Å². The van der Waals surface area contributed by atoms with Crippen molar-refractivity contribution in [3.05, 3.63) is 63.6 Å². The van der Waals surface area contributed by atoms with Gasteiger partial charge >= 0.3 is 0 Å². The molecule has 0 bridgehead atoms. The molecule has 0 radical (unpaired) electrons. The zero-order valence-corrected chi connectivity index (χ0v) is 14.6. The van der Waals surface area contributed by atoms with Gasteiger partial charge in [0.2, 0.25) is 11.8 Å². The van der Waals surface area contributed by atoms with Crippen LogP contribution in [0.2, 0.25) is 10.0 Å². The van der Waals surface area contributed by atoms with Crippen LogP contribution in [0.5, 0.6) is 0 Å². The molecule has 3 amide bonds. The van der Waals surface area contributed by atoms with Crippen LogP contribution in [-0.2, 0) is 16.1 Å². The lowest BCUT2D eigenvalue weighted by Crippen LogP contribution is -2.29. The third-order valence-corrected chi connectivity index (χ3v) is 4.46. The lowest BCUT2D eigenvalue weighted by atomic mass is 10.1. The normalized spacial score (nSPS) is 14.1. The number of carbonyl (C=O) groups excluding carboxylic acids is 3. The Morgan fingerprint density at radius 2 is 1.76 bits per heavy atom. The van der Waals surface area contributed by atoms with Gasteiger partial charge in [0.25, 0.3) is 5.91 Å². The molecule has 1 aliphatic rings. The van der Waals surface area contributed by atoms with E-state index in [0.717, 1.165) is 10.5 Å². The Morgan fingerprint density at radius 1 is 1.04 bits per heavy atom. The molecule has 25 heavy (non-hydrogen) atoms. The highest BCUT2D eigenvalue weighted by Crippen LogP contribution is 2.24. The number of hydrogen-bond acceptors (Lipinski definition) is 3. The molecule has 3 rings (SSSR count). The summed E-state index contributed by atoms with van der Waals surface area (Å²) in [5.74, 6) is -0.835. The lowest BCUT2D eigenvalue weighted by molar-refractivity contribution is -0.121. The van der Waals surface area contributed by atoms with Crippen LogP contribution < -0.4 is 10.2 Å². The molecule has 0 atom stereocenters. The maximum absolute atomic E-state index is 12.4. The summed E-state index contributed by atoms with van der Waals surface area (Å²) in [4.78, 5) is 37.1. The summed E-state index contributed by atoms with van der Waals surface area (Å²) in [5, 5.41) is 3.75. The molecular formula is C18H14Cl2N2O3. The molecule has 5 nitrogen and oxygen atoms in total. The van der Waals surface area contributed by atoms with Crippen LogP contribution in [0, 0.1) is 0 Å². The topological polar surface area (TPSA) is 66.5 Å². The van der Waals surface area contributed by atoms with Crippen molar-refractivity contribution in [1.82, 2.24) is 5.32 Å². The van der Waals surface area contributed by atoms with Gasteiger partial charge in [-0.25, -0.2) is 0 Å². The van der Waals surface area contributed by atoms with E-state index < -0.39 is 0 Å². The third kappa shape index (κ3) is 3.83. The second-order valence-corrected chi connectivity index (χ2v) is 6.44. The number of hydrogen-bond donors (Lipinski definition) is 1. The first-order valence-electron chi connectivity index (χ1n) is 7.63. The molecule has 0 unspecified atom stereocenters. The largest absolute Gasteiger partial charge is 0.348 e. The quantitative estimate of drug-likeness (QED) is 0.829. The Morgan fingerprint density at radius 3 is 2.44 bits per heavy atom. The number of rotatable bonds is 4. The predicted octanol–water partition coefficient (Wildman–Crippen LogP) is 3.58. The van der Waals surface area contributed by atoms with Crippen molar-refractivity contribution in [2.45, 2.75) is 19.4 Å². The molecule has 1 aliphatic heterocycles. The summed E-state index contributed by atoms with van der Waals surface area (Å²) in [5.41, 5.74) is 1.50. The first kappa shape index (κ1) is 17.5. The first-order chi connectivity index (χ1) is 12.0. The van der Waals surface area contributed by atoms with Gasteiger partial charge in [-0.3, -0.25) is 19.3 Å². The van der Waals surface area contributed by atoms with Crippen LogP contribution in [0.15, 0.2) is 42.5 Å². The van der Waals surface area contributed by atoms with Gasteiger partial charge in [0, 0.05) is 35.0 Å². The zero-order chi connectivity index (χ0) is 18.0. The van der Waals surface area contributed by atoms with E-state index >= 15 is 0 Å². The number of carbonyl (C=O) groups is 3. The van der Waals surface area contributed by atoms with E-state index in [9.17, 15) is 14.4 Å². The van der Waals surface area contributed by atoms with Crippen molar-refractivity contribution in [3.63, 3.8) is 0 Å². The summed E-state index contributed by atoms with van der Waals surface area (Å²) in [7, 11) is 0. The molecular weight excluding hydrogens is 363 g/mol. The van der Waals surface area contributed by atoms with Crippen LogP contribution in [-0.4, -0.2) is 17.7 Å². The highest BCUT2D eigenvalue weighted by molar-refractivity contribution is 6.35. The van der Waals surface area contributed by atoms with Gasteiger partial charge in [-0.15, -0.1) is 0 Å². The van der Waals surface area contributed by atoms with Crippen LogP contribution in [0.3, 0.4) is 0 Å². The average Bonchev–Trinajstić information content (AvgIpc) is 2.92. The van der Waals surface area contributed by atoms with Gasteiger partial charge in [-0.05, 0) is 35.9 Å². The number of imide groups is 1. The summed E-state index contributed by atoms with van der Waals surface area (Å²) in [6, 6.07) is 11.5. The van der Waals surface area contributed by atoms with Crippen LogP contribution >= 0.6 is 23.2 Å². The van der Waals surface area contributed by atoms with Crippen LogP contribution in [0.4, 0.5) is 5.69 Å². The van der Waals surface area contributed by atoms with E-state index in [1.54, 1.807) is 36.4 Å². The molecule has 0 saturated carbocycles. The molecule has 0 aromatic heterocycles. The monoisotopic (exact) mass is 376 g/mol. The minimum absolute atomic E-state index is 0.199. The van der Waals surface area contributed by atoms with Gasteiger partial charge in [-0.2, -0.15) is 0 Å². The molecule has 7 heteroatoms. The van der Waals surface area contributed by atoms with Crippen LogP contribution in [0.1, 0.15) is 28.8 Å². The summed E-state index contributed by atoms with van der Waals surface area (Å²) in [6.07, 6.45) is 0.397. The fraction of sp³-hybridized carbons (Fsp3) is 0.167. The fourth-order valence-electron chi connectivity index (χ4n) is 2.59. The second-order valence-electron chi connectivity index (χ2n) is 5.59. The van der Waals surface area contributed by atoms with E-state index in [4.69, 9.17) is 23.2 Å². The number of anilines is 1. The first-order valence-corrected chi connectivity index (χ1v) is 8.39. The minimum Gasteiger partial charge on any atom is -0.348 e. The Balaban J connectivity index is 1.73. The average molecular weight is 377 g/mol. The van der Waals surface area contributed by atoms with Crippen molar-refractivity contribution in [2.75, 3.05) is 4.90 Å². The Kier molecular flexibility index (Phi) is 5.06. The Bertz CT molecular complexity index is 851. The Hall–Kier alpha value is -2.37. The van der Waals surface area contributed by atoms with Crippen molar-refractivity contribution >= 4 is 46.6 Å². The van der Waals surface area contributed by atoms with Gasteiger partial charge in [0.15, 0.2) is 0 Å². The molecule has 2 aromatic carbocycles. The highest BCUT2D eigenvalue weighted by Gasteiger charge is 2.30. The number of halogens is 2. The van der Waals surface area contributed by atoms with E-state index in [0.29, 0.717) is 21.3 Å². The molecule has 0 spiro atoms. The molecule has 1 heterocycles. The van der Waals surface area contributed by atoms with Crippen molar-refractivity contribution in [2.24, 2.45) is 0 Å². The number of benzene rings is 2. The van der Waals surface area contributed by atoms with E-state index in [1.165, 1.54) is 6.07 Å². The lowest BCUT2D eigenvalue weighted by Gasteiger charge is -2.15. The maximum Gasteiger partial charge on any atom is 0.251 e. The maximum atomic E-state index is 12.4. The standard InChI is InChI=1S/C18H14Cl2N2O3/c19-13-5-4-12(15(20)9-13)10-21-18(25)11-2-1-3-14(8-11)22-16(23)6-7-17(22)24/h1-5,8-9H,6-7,10H2,(H,21,25). The molecule has 0 aliphatic carbocycles. The van der Waals surface area contributed by atoms with E-state index in [1.807, 2.05) is 0 Å². The second kappa shape index (κ2) is 7.25. The van der Waals surface area contributed by atoms with Crippen molar-refractivity contribution in [3.8, 4) is 0 Å². The number of nitrogens with zero attached hydrogens (tertiary/aromatic N) is 1. The molecule has 128 valence electrons. The molecule has 1 saturated heterocycles. The SMILES string of the molecule is O=C(NCc1ccc(Cl)cc1Cl)c1cccc(N2C(=O)CCC2=O)c1. The highest BCUT2D eigenvalue weighted by atomic mass is 35.5. The van der Waals surface area contributed by atoms with Gasteiger partial charge in [0.1, 0.15) is 0 Å². The van der Waals surface area contributed by atoms with Crippen molar-refractivity contribution < 1.29 is 14.4 Å². The smallest absolute Gasteiger partial charge is 0.251 e. The Labute approximate surface area is 154 Å². The number of nitrogens with one attached hydrogen (secondary N) is 1.